The molecule has 0 aliphatic heterocycles. The van der Waals surface area contributed by atoms with E-state index in [1.54, 1.807) is 12.4 Å². The number of hydrogen-bond donors (Lipinski definition) is 3. The van der Waals surface area contributed by atoms with Crippen molar-refractivity contribution in [1.29, 1.82) is 0 Å². The molecule has 7 heteroatoms. The molecular weight excluding hydrogens is 328 g/mol. The van der Waals surface area contributed by atoms with Gasteiger partial charge in [0.1, 0.15) is 5.82 Å². The molecule has 0 bridgehead atoms. The molecule has 2 aromatic heterocycles. The summed E-state index contributed by atoms with van der Waals surface area (Å²) in [7, 11) is 0. The minimum absolute atomic E-state index is 0.140. The van der Waals surface area contributed by atoms with Crippen molar-refractivity contribution in [3.8, 4) is 0 Å². The quantitative estimate of drug-likeness (QED) is 0.599. The van der Waals surface area contributed by atoms with Crippen LogP contribution in [0.4, 0.5) is 17.3 Å². The van der Waals surface area contributed by atoms with Crippen LogP contribution in [0.25, 0.3) is 0 Å². The lowest BCUT2D eigenvalue weighted by atomic mass is 10.0. The zero-order valence-corrected chi connectivity index (χ0v) is 14.9. The number of pyridine rings is 1. The largest absolute Gasteiger partial charge is 0.367 e. The standard InChI is InChI=1S/C19H26N6O/c26-19(10-7-15-4-1-2-5-15)22-13-12-21-17-8-9-18(25-24-17)23-16-6-3-11-20-14-16/h3,6,8-9,11,14-15H,1-2,4-5,7,10,12-13H2,(H,21,24)(H,22,26)(H,23,25). The Morgan fingerprint density at radius 1 is 1.08 bits per heavy atom. The highest BCUT2D eigenvalue weighted by molar-refractivity contribution is 5.75. The van der Waals surface area contributed by atoms with Crippen LogP contribution in [0.15, 0.2) is 36.7 Å². The van der Waals surface area contributed by atoms with Crippen molar-refractivity contribution >= 4 is 23.2 Å². The fraction of sp³-hybridized carbons (Fsp3) is 0.474. The monoisotopic (exact) mass is 354 g/mol. The molecule has 138 valence electrons. The number of rotatable bonds is 9. The maximum atomic E-state index is 11.8. The third-order valence-corrected chi connectivity index (χ3v) is 4.61. The van der Waals surface area contributed by atoms with Crippen LogP contribution < -0.4 is 16.0 Å². The molecular formula is C19H26N6O. The summed E-state index contributed by atoms with van der Waals surface area (Å²) in [5.41, 5.74) is 0.864. The summed E-state index contributed by atoms with van der Waals surface area (Å²) in [6.45, 7) is 1.21. The molecule has 2 heterocycles. The molecule has 0 saturated heterocycles. The Balaban J connectivity index is 1.31. The van der Waals surface area contributed by atoms with Crippen molar-refractivity contribution in [3.63, 3.8) is 0 Å². The maximum absolute atomic E-state index is 11.8. The number of hydrogen-bond acceptors (Lipinski definition) is 6. The van der Waals surface area contributed by atoms with Crippen LogP contribution in [0.2, 0.25) is 0 Å². The molecule has 2 aromatic rings. The zero-order chi connectivity index (χ0) is 18.0. The van der Waals surface area contributed by atoms with Crippen molar-refractivity contribution in [2.45, 2.75) is 38.5 Å². The number of aromatic nitrogens is 3. The lowest BCUT2D eigenvalue weighted by Gasteiger charge is -2.10. The van der Waals surface area contributed by atoms with E-state index in [1.165, 1.54) is 25.7 Å². The van der Waals surface area contributed by atoms with Crippen LogP contribution in [-0.4, -0.2) is 34.2 Å². The Labute approximate surface area is 154 Å². The molecule has 1 saturated carbocycles. The van der Waals surface area contributed by atoms with E-state index in [0.29, 0.717) is 31.1 Å². The third kappa shape index (κ3) is 5.98. The molecule has 0 unspecified atom stereocenters. The summed E-state index contributed by atoms with van der Waals surface area (Å²) in [6.07, 6.45) is 10.3. The highest BCUT2D eigenvalue weighted by Gasteiger charge is 2.15. The molecule has 0 spiro atoms. The van der Waals surface area contributed by atoms with Gasteiger partial charge in [-0.05, 0) is 36.6 Å². The van der Waals surface area contributed by atoms with Crippen molar-refractivity contribution in [1.82, 2.24) is 20.5 Å². The average Bonchev–Trinajstić information content (AvgIpc) is 3.19. The predicted molar refractivity (Wildman–Crippen MR) is 102 cm³/mol. The van der Waals surface area contributed by atoms with E-state index < -0.39 is 0 Å². The summed E-state index contributed by atoms with van der Waals surface area (Å²) in [6, 6.07) is 7.47. The van der Waals surface area contributed by atoms with Crippen molar-refractivity contribution < 1.29 is 4.79 Å². The second kappa shape index (κ2) is 9.70. The number of carbonyl (C=O) groups excluding carboxylic acids is 1. The number of anilines is 3. The fourth-order valence-electron chi connectivity index (χ4n) is 3.19. The fourth-order valence-corrected chi connectivity index (χ4v) is 3.19. The normalized spacial score (nSPS) is 14.2. The second-order valence-corrected chi connectivity index (χ2v) is 6.64. The van der Waals surface area contributed by atoms with E-state index in [9.17, 15) is 4.79 Å². The molecule has 0 radical (unpaired) electrons. The predicted octanol–water partition coefficient (Wildman–Crippen LogP) is 3.11. The second-order valence-electron chi connectivity index (χ2n) is 6.64. The molecule has 7 nitrogen and oxygen atoms in total. The summed E-state index contributed by atoms with van der Waals surface area (Å²) >= 11 is 0. The first-order valence-electron chi connectivity index (χ1n) is 9.31. The number of nitrogens with zero attached hydrogens (tertiary/aromatic N) is 3. The van der Waals surface area contributed by atoms with E-state index in [4.69, 9.17) is 0 Å². The summed E-state index contributed by atoms with van der Waals surface area (Å²) in [4.78, 5) is 15.9. The highest BCUT2D eigenvalue weighted by atomic mass is 16.1. The lowest BCUT2D eigenvalue weighted by Crippen LogP contribution is -2.29. The van der Waals surface area contributed by atoms with E-state index in [2.05, 4.69) is 31.1 Å². The summed E-state index contributed by atoms with van der Waals surface area (Å²) in [5.74, 6) is 2.24. The van der Waals surface area contributed by atoms with Gasteiger partial charge in [0.15, 0.2) is 5.82 Å². The van der Waals surface area contributed by atoms with Crippen LogP contribution in [0.1, 0.15) is 38.5 Å². The number of carbonyl (C=O) groups is 1. The third-order valence-electron chi connectivity index (χ3n) is 4.61. The minimum atomic E-state index is 0.140. The Morgan fingerprint density at radius 3 is 2.62 bits per heavy atom. The topological polar surface area (TPSA) is 91.8 Å². The van der Waals surface area contributed by atoms with Crippen LogP contribution in [0.3, 0.4) is 0 Å². The molecule has 1 aliphatic carbocycles. The summed E-state index contributed by atoms with van der Waals surface area (Å²) < 4.78 is 0. The van der Waals surface area contributed by atoms with Gasteiger partial charge in [-0.25, -0.2) is 0 Å². The number of nitrogens with one attached hydrogen (secondary N) is 3. The maximum Gasteiger partial charge on any atom is 0.220 e. The van der Waals surface area contributed by atoms with Gasteiger partial charge in [-0.3, -0.25) is 9.78 Å². The van der Waals surface area contributed by atoms with Crippen LogP contribution in [0.5, 0.6) is 0 Å². The first kappa shape index (κ1) is 18.1. The van der Waals surface area contributed by atoms with Crippen LogP contribution in [0, 0.1) is 5.92 Å². The first-order chi connectivity index (χ1) is 12.8. The zero-order valence-electron chi connectivity index (χ0n) is 14.9. The van der Waals surface area contributed by atoms with Gasteiger partial charge in [-0.15, -0.1) is 10.2 Å². The van der Waals surface area contributed by atoms with Gasteiger partial charge in [0.25, 0.3) is 0 Å². The van der Waals surface area contributed by atoms with Gasteiger partial charge in [-0.1, -0.05) is 25.7 Å². The lowest BCUT2D eigenvalue weighted by molar-refractivity contribution is -0.121. The summed E-state index contributed by atoms with van der Waals surface area (Å²) in [5, 5.41) is 17.5. The van der Waals surface area contributed by atoms with E-state index in [0.717, 1.165) is 18.0 Å². The van der Waals surface area contributed by atoms with Crippen LogP contribution in [-0.2, 0) is 4.79 Å². The average molecular weight is 354 g/mol. The van der Waals surface area contributed by atoms with E-state index >= 15 is 0 Å². The molecule has 1 fully saturated rings. The smallest absolute Gasteiger partial charge is 0.220 e. The SMILES string of the molecule is O=C(CCC1CCCC1)NCCNc1ccc(Nc2cccnc2)nn1. The van der Waals surface area contributed by atoms with Gasteiger partial charge in [0.2, 0.25) is 5.91 Å². The Bertz CT molecular complexity index is 670. The number of amides is 1. The minimum Gasteiger partial charge on any atom is -0.367 e. The molecule has 0 atom stereocenters. The van der Waals surface area contributed by atoms with Crippen molar-refractivity contribution in [2.24, 2.45) is 5.92 Å². The van der Waals surface area contributed by atoms with Gasteiger partial charge >= 0.3 is 0 Å². The van der Waals surface area contributed by atoms with Gasteiger partial charge in [0.05, 0.1) is 11.9 Å². The molecule has 26 heavy (non-hydrogen) atoms. The Kier molecular flexibility index (Phi) is 6.75. The molecule has 3 N–H and O–H groups in total. The van der Waals surface area contributed by atoms with Gasteiger partial charge in [0, 0.05) is 25.7 Å². The molecule has 3 rings (SSSR count). The van der Waals surface area contributed by atoms with E-state index in [1.807, 2.05) is 24.3 Å². The van der Waals surface area contributed by atoms with Crippen LogP contribution >= 0.6 is 0 Å². The van der Waals surface area contributed by atoms with Gasteiger partial charge in [-0.2, -0.15) is 0 Å². The highest BCUT2D eigenvalue weighted by Crippen LogP contribution is 2.28. The Morgan fingerprint density at radius 2 is 1.88 bits per heavy atom. The van der Waals surface area contributed by atoms with E-state index in [-0.39, 0.29) is 5.91 Å². The Hall–Kier alpha value is -2.70. The molecule has 1 amide bonds. The van der Waals surface area contributed by atoms with Crippen molar-refractivity contribution in [2.75, 3.05) is 23.7 Å². The van der Waals surface area contributed by atoms with Gasteiger partial charge < -0.3 is 16.0 Å². The van der Waals surface area contributed by atoms with Crippen molar-refractivity contribution in [3.05, 3.63) is 36.7 Å². The molecule has 1 aliphatic rings. The first-order valence-corrected chi connectivity index (χ1v) is 9.31. The molecule has 0 aromatic carbocycles.